The van der Waals surface area contributed by atoms with Crippen molar-refractivity contribution in [3.8, 4) is 11.1 Å². The van der Waals surface area contributed by atoms with Crippen LogP contribution in [0.25, 0.3) is 11.1 Å². The Morgan fingerprint density at radius 1 is 1.06 bits per heavy atom. The van der Waals surface area contributed by atoms with Gasteiger partial charge in [0.1, 0.15) is 11.7 Å². The number of hydrogen-bond acceptors (Lipinski definition) is 4. The van der Waals surface area contributed by atoms with Gasteiger partial charge in [-0.05, 0) is 55.0 Å². The highest BCUT2D eigenvalue weighted by Gasteiger charge is 2.31. The molecule has 35 heavy (non-hydrogen) atoms. The summed E-state index contributed by atoms with van der Waals surface area (Å²) in [6.07, 6.45) is 9.32. The minimum atomic E-state index is -0.631. The van der Waals surface area contributed by atoms with Gasteiger partial charge in [0, 0.05) is 31.9 Å². The fourth-order valence-electron chi connectivity index (χ4n) is 5.00. The summed E-state index contributed by atoms with van der Waals surface area (Å²) in [4.78, 5) is 26.4. The van der Waals surface area contributed by atoms with Gasteiger partial charge in [0.25, 0.3) is 5.91 Å². The van der Waals surface area contributed by atoms with Crippen molar-refractivity contribution >= 4 is 17.5 Å². The molecule has 2 N–H and O–H groups in total. The van der Waals surface area contributed by atoms with Gasteiger partial charge < -0.3 is 15.8 Å². The minimum Gasteiger partial charge on any atom is -0.618 e. The third-order valence-corrected chi connectivity index (χ3v) is 6.98. The fraction of sp³-hybridized carbons (Fsp3) is 0.407. The van der Waals surface area contributed by atoms with Crippen LogP contribution in [0.3, 0.4) is 0 Å². The van der Waals surface area contributed by atoms with E-state index in [9.17, 15) is 14.8 Å². The van der Waals surface area contributed by atoms with E-state index in [-0.39, 0.29) is 17.7 Å². The Kier molecular flexibility index (Phi) is 7.48. The Morgan fingerprint density at radius 2 is 1.74 bits per heavy atom. The molecule has 1 aliphatic carbocycles. The van der Waals surface area contributed by atoms with E-state index in [4.69, 9.17) is 0 Å². The van der Waals surface area contributed by atoms with Crippen molar-refractivity contribution < 1.29 is 14.3 Å². The van der Waals surface area contributed by atoms with E-state index in [1.807, 2.05) is 31.2 Å². The second kappa shape index (κ2) is 10.7. The molecule has 1 fully saturated rings. The number of pyridine rings is 1. The van der Waals surface area contributed by atoms with Crippen LogP contribution in [-0.2, 0) is 11.8 Å². The molecule has 0 bridgehead atoms. The van der Waals surface area contributed by atoms with E-state index in [1.54, 1.807) is 32.3 Å². The molecule has 1 saturated carbocycles. The molecule has 8 heteroatoms. The summed E-state index contributed by atoms with van der Waals surface area (Å²) in [6, 6.07) is 10.3. The van der Waals surface area contributed by atoms with Gasteiger partial charge in [-0.15, -0.1) is 0 Å². The van der Waals surface area contributed by atoms with Crippen LogP contribution in [0.4, 0.5) is 5.69 Å². The Balaban J connectivity index is 1.54. The molecular weight excluding hydrogens is 442 g/mol. The lowest BCUT2D eigenvalue weighted by atomic mass is 9.91. The van der Waals surface area contributed by atoms with Crippen LogP contribution in [0.2, 0.25) is 0 Å². The molecule has 0 aliphatic heterocycles. The Morgan fingerprint density at radius 3 is 2.37 bits per heavy atom. The molecule has 2 heterocycles. The van der Waals surface area contributed by atoms with Gasteiger partial charge >= 0.3 is 0 Å². The highest BCUT2D eigenvalue weighted by Crippen LogP contribution is 2.28. The Hall–Kier alpha value is -3.68. The minimum absolute atomic E-state index is 0.0797. The zero-order valence-corrected chi connectivity index (χ0v) is 20.6. The number of hydrogen-bond donors (Lipinski definition) is 2. The first kappa shape index (κ1) is 24.4. The third kappa shape index (κ3) is 5.53. The van der Waals surface area contributed by atoms with Crippen LogP contribution < -0.4 is 15.4 Å². The van der Waals surface area contributed by atoms with Crippen molar-refractivity contribution in [1.82, 2.24) is 15.1 Å². The second-order valence-electron chi connectivity index (χ2n) is 9.39. The molecular formula is C27H33N5O3. The van der Waals surface area contributed by atoms with E-state index in [1.165, 1.54) is 10.9 Å². The first-order valence-corrected chi connectivity index (χ1v) is 12.2. The summed E-state index contributed by atoms with van der Waals surface area (Å²) in [5.41, 5.74) is 4.51. The lowest BCUT2D eigenvalue weighted by molar-refractivity contribution is -0.611. The second-order valence-corrected chi connectivity index (χ2v) is 9.39. The maximum absolute atomic E-state index is 13.4. The zero-order chi connectivity index (χ0) is 24.9. The molecule has 0 spiro atoms. The van der Waals surface area contributed by atoms with Crippen molar-refractivity contribution in [2.24, 2.45) is 13.0 Å². The quantitative estimate of drug-likeness (QED) is 0.319. The third-order valence-electron chi connectivity index (χ3n) is 6.98. The predicted octanol–water partition coefficient (Wildman–Crippen LogP) is 4.04. The molecule has 1 aromatic carbocycles. The molecule has 1 atom stereocenters. The number of aryl methyl sites for hydroxylation is 2. The van der Waals surface area contributed by atoms with Crippen molar-refractivity contribution in [2.75, 3.05) is 5.32 Å². The number of aromatic nitrogens is 3. The van der Waals surface area contributed by atoms with Crippen LogP contribution in [-0.4, -0.2) is 27.6 Å². The number of carbonyl (C=O) groups is 2. The highest BCUT2D eigenvalue weighted by molar-refractivity contribution is 6.00. The van der Waals surface area contributed by atoms with Gasteiger partial charge in [0.15, 0.2) is 11.9 Å². The van der Waals surface area contributed by atoms with Gasteiger partial charge in [0.05, 0.1) is 5.56 Å². The summed E-state index contributed by atoms with van der Waals surface area (Å²) < 4.78 is 2.37. The smallest absolute Gasteiger partial charge is 0.270 e. The summed E-state index contributed by atoms with van der Waals surface area (Å²) in [5, 5.41) is 22.1. The Bertz CT molecular complexity index is 1190. The molecule has 4 rings (SSSR count). The standard InChI is InChI=1S/C27H33N5O3/c1-18-15-17-32(35)19(2)24(18)20-10-12-22(13-11-20)29-27(34)25(21-8-6-4-5-7-9-21)30-26(33)23-14-16-28-31(23)3/h10-17,21,25H,4-9H2,1-3H3,(H,29,34)(H,30,33)/t25-/m0/s1. The molecule has 8 nitrogen and oxygen atoms in total. The number of carbonyl (C=O) groups excluding carboxylic acids is 2. The number of rotatable bonds is 6. The monoisotopic (exact) mass is 475 g/mol. The number of benzene rings is 1. The van der Waals surface area contributed by atoms with Crippen LogP contribution in [0.5, 0.6) is 0 Å². The van der Waals surface area contributed by atoms with Crippen LogP contribution in [0.15, 0.2) is 48.8 Å². The molecule has 2 amide bonds. The van der Waals surface area contributed by atoms with E-state index in [2.05, 4.69) is 15.7 Å². The SMILES string of the molecule is Cc1cc[n+]([O-])c(C)c1-c1ccc(NC(=O)[C@@H](NC(=O)c2ccnn2C)C2CCCCCC2)cc1. The summed E-state index contributed by atoms with van der Waals surface area (Å²) in [7, 11) is 1.71. The lowest BCUT2D eigenvalue weighted by Gasteiger charge is -2.26. The highest BCUT2D eigenvalue weighted by atomic mass is 16.5. The number of amides is 2. The number of nitrogens with one attached hydrogen (secondary N) is 2. The normalized spacial score (nSPS) is 15.3. The first-order chi connectivity index (χ1) is 16.8. The van der Waals surface area contributed by atoms with Crippen molar-refractivity contribution in [3.63, 3.8) is 0 Å². The largest absolute Gasteiger partial charge is 0.618 e. The van der Waals surface area contributed by atoms with Gasteiger partial charge in [-0.1, -0.05) is 37.8 Å². The van der Waals surface area contributed by atoms with E-state index < -0.39 is 6.04 Å². The number of nitrogens with zero attached hydrogens (tertiary/aromatic N) is 3. The molecule has 1 aliphatic rings. The molecule has 184 valence electrons. The summed E-state index contributed by atoms with van der Waals surface area (Å²) >= 11 is 0. The predicted molar refractivity (Wildman–Crippen MR) is 135 cm³/mol. The topological polar surface area (TPSA) is 103 Å². The van der Waals surface area contributed by atoms with E-state index >= 15 is 0 Å². The molecule has 2 aromatic heterocycles. The van der Waals surface area contributed by atoms with Gasteiger partial charge in [-0.2, -0.15) is 9.83 Å². The fourth-order valence-corrected chi connectivity index (χ4v) is 5.00. The Labute approximate surface area is 205 Å². The molecule has 0 unspecified atom stereocenters. The van der Waals surface area contributed by atoms with Gasteiger partial charge in [-0.25, -0.2) is 0 Å². The summed E-state index contributed by atoms with van der Waals surface area (Å²) in [6.45, 7) is 3.77. The zero-order valence-electron chi connectivity index (χ0n) is 20.6. The van der Waals surface area contributed by atoms with Crippen molar-refractivity contribution in [2.45, 2.75) is 58.4 Å². The molecule has 0 radical (unpaired) electrons. The first-order valence-electron chi connectivity index (χ1n) is 12.2. The number of anilines is 1. The van der Waals surface area contributed by atoms with E-state index in [0.717, 1.165) is 59.9 Å². The van der Waals surface area contributed by atoms with Crippen LogP contribution in [0, 0.1) is 25.0 Å². The average molecular weight is 476 g/mol. The lowest BCUT2D eigenvalue weighted by Crippen LogP contribution is -2.48. The van der Waals surface area contributed by atoms with Crippen molar-refractivity contribution in [1.29, 1.82) is 0 Å². The van der Waals surface area contributed by atoms with E-state index in [0.29, 0.717) is 17.1 Å². The maximum atomic E-state index is 13.4. The van der Waals surface area contributed by atoms with Gasteiger partial charge in [-0.3, -0.25) is 14.3 Å². The molecule has 3 aromatic rings. The average Bonchev–Trinajstić information content (AvgIpc) is 3.10. The maximum Gasteiger partial charge on any atom is 0.270 e. The summed E-state index contributed by atoms with van der Waals surface area (Å²) in [5.74, 6) is -0.439. The van der Waals surface area contributed by atoms with Crippen LogP contribution in [0.1, 0.15) is 60.3 Å². The molecule has 0 saturated heterocycles. The van der Waals surface area contributed by atoms with Gasteiger partial charge in [0.2, 0.25) is 5.91 Å². The van der Waals surface area contributed by atoms with Crippen molar-refractivity contribution in [3.05, 3.63) is 71.0 Å². The van der Waals surface area contributed by atoms with Crippen LogP contribution >= 0.6 is 0 Å².